The molecule has 102 valence electrons. The predicted octanol–water partition coefficient (Wildman–Crippen LogP) is 2.79. The summed E-state index contributed by atoms with van der Waals surface area (Å²) in [6, 6.07) is -0.155. The number of aromatic nitrogens is 2. The van der Waals surface area contributed by atoms with Gasteiger partial charge < -0.3 is 10.4 Å². The monoisotopic (exact) mass is 271 g/mol. The average molecular weight is 271 g/mol. The van der Waals surface area contributed by atoms with Gasteiger partial charge in [0, 0.05) is 24.0 Å². The van der Waals surface area contributed by atoms with E-state index in [4.69, 9.17) is 5.11 Å². The van der Waals surface area contributed by atoms with E-state index in [2.05, 4.69) is 21.6 Å². The zero-order valence-corrected chi connectivity index (χ0v) is 12.2. The van der Waals surface area contributed by atoms with Gasteiger partial charge in [-0.25, -0.2) is 4.98 Å². The fourth-order valence-corrected chi connectivity index (χ4v) is 2.20. The number of aliphatic carboxylic acids is 1. The minimum atomic E-state index is -0.805. The minimum absolute atomic E-state index is 0.0756. The van der Waals surface area contributed by atoms with Crippen LogP contribution in [0.15, 0.2) is 0 Å². The van der Waals surface area contributed by atoms with Crippen LogP contribution in [-0.2, 0) is 11.2 Å². The van der Waals surface area contributed by atoms with Gasteiger partial charge in [-0.3, -0.25) is 4.79 Å². The molecule has 0 amide bonds. The highest BCUT2D eigenvalue weighted by Gasteiger charge is 2.27. The SMILES string of the molecule is CCCc1nsc(NC(CC(=O)O)C(C)(C)C)n1. The number of hydrogen-bond acceptors (Lipinski definition) is 5. The van der Waals surface area contributed by atoms with Crippen molar-refractivity contribution in [2.45, 2.75) is 53.0 Å². The van der Waals surface area contributed by atoms with Crippen LogP contribution in [0.4, 0.5) is 5.13 Å². The summed E-state index contributed by atoms with van der Waals surface area (Å²) in [4.78, 5) is 15.2. The van der Waals surface area contributed by atoms with Crippen LogP contribution in [0.1, 0.15) is 46.4 Å². The molecule has 0 saturated carbocycles. The van der Waals surface area contributed by atoms with Crippen LogP contribution < -0.4 is 5.32 Å². The molecule has 1 atom stereocenters. The summed E-state index contributed by atoms with van der Waals surface area (Å²) < 4.78 is 4.24. The molecular formula is C12H21N3O2S. The van der Waals surface area contributed by atoms with E-state index < -0.39 is 5.97 Å². The molecule has 1 aromatic heterocycles. The maximum Gasteiger partial charge on any atom is 0.305 e. The van der Waals surface area contributed by atoms with Crippen LogP contribution >= 0.6 is 11.5 Å². The maximum atomic E-state index is 10.9. The summed E-state index contributed by atoms with van der Waals surface area (Å²) in [5.41, 5.74) is -0.144. The van der Waals surface area contributed by atoms with E-state index in [9.17, 15) is 4.79 Å². The molecule has 18 heavy (non-hydrogen) atoms. The Morgan fingerprint density at radius 2 is 2.17 bits per heavy atom. The van der Waals surface area contributed by atoms with Crippen LogP contribution in [-0.4, -0.2) is 26.5 Å². The highest BCUT2D eigenvalue weighted by atomic mass is 32.1. The maximum absolute atomic E-state index is 10.9. The molecular weight excluding hydrogens is 250 g/mol. The Balaban J connectivity index is 2.72. The molecule has 0 aliphatic carbocycles. The largest absolute Gasteiger partial charge is 0.481 e. The van der Waals surface area contributed by atoms with Crippen molar-refractivity contribution in [1.82, 2.24) is 9.36 Å². The molecule has 1 rings (SSSR count). The van der Waals surface area contributed by atoms with Gasteiger partial charge in [-0.05, 0) is 11.8 Å². The lowest BCUT2D eigenvalue weighted by Crippen LogP contribution is -2.36. The van der Waals surface area contributed by atoms with Crippen molar-refractivity contribution in [1.29, 1.82) is 0 Å². The number of carboxylic acids is 1. The molecule has 6 heteroatoms. The summed E-state index contributed by atoms with van der Waals surface area (Å²) in [6.45, 7) is 8.13. The van der Waals surface area contributed by atoms with E-state index in [0.29, 0.717) is 5.13 Å². The van der Waals surface area contributed by atoms with Gasteiger partial charge in [0.1, 0.15) is 5.82 Å². The van der Waals surface area contributed by atoms with Crippen molar-refractivity contribution in [2.75, 3.05) is 5.32 Å². The van der Waals surface area contributed by atoms with Gasteiger partial charge in [0.25, 0.3) is 0 Å². The van der Waals surface area contributed by atoms with Crippen molar-refractivity contribution in [3.8, 4) is 0 Å². The quantitative estimate of drug-likeness (QED) is 0.832. The summed E-state index contributed by atoms with van der Waals surface area (Å²) in [6.07, 6.45) is 1.94. The molecule has 0 saturated heterocycles. The molecule has 1 heterocycles. The first-order chi connectivity index (χ1) is 8.32. The van der Waals surface area contributed by atoms with Gasteiger partial charge in [0.05, 0.1) is 6.42 Å². The predicted molar refractivity (Wildman–Crippen MR) is 73.0 cm³/mol. The molecule has 0 fully saturated rings. The number of carboxylic acid groups (broad SMARTS) is 1. The third kappa shape index (κ3) is 4.60. The lowest BCUT2D eigenvalue weighted by Gasteiger charge is -2.29. The number of aryl methyl sites for hydroxylation is 1. The average Bonchev–Trinajstić information content (AvgIpc) is 2.63. The summed E-state index contributed by atoms with van der Waals surface area (Å²) in [7, 11) is 0. The number of rotatable bonds is 6. The van der Waals surface area contributed by atoms with Crippen molar-refractivity contribution >= 4 is 22.6 Å². The van der Waals surface area contributed by atoms with Crippen LogP contribution in [0.25, 0.3) is 0 Å². The first-order valence-corrected chi connectivity index (χ1v) is 6.91. The van der Waals surface area contributed by atoms with Crippen LogP contribution in [0, 0.1) is 5.41 Å². The Kier molecular flexibility index (Phi) is 5.07. The molecule has 0 aliphatic rings. The van der Waals surface area contributed by atoms with Crippen LogP contribution in [0.3, 0.4) is 0 Å². The van der Waals surface area contributed by atoms with Gasteiger partial charge >= 0.3 is 5.97 Å². The smallest absolute Gasteiger partial charge is 0.305 e. The molecule has 2 N–H and O–H groups in total. The summed E-state index contributed by atoms with van der Waals surface area (Å²) >= 11 is 1.30. The third-order valence-corrected chi connectivity index (χ3v) is 3.35. The van der Waals surface area contributed by atoms with Gasteiger partial charge in [0.15, 0.2) is 0 Å². The van der Waals surface area contributed by atoms with Crippen molar-refractivity contribution in [2.24, 2.45) is 5.41 Å². The summed E-state index contributed by atoms with van der Waals surface area (Å²) in [5.74, 6) is 0.0220. The summed E-state index contributed by atoms with van der Waals surface area (Å²) in [5, 5.41) is 12.8. The Labute approximate surface area is 112 Å². The van der Waals surface area contributed by atoms with Crippen LogP contribution in [0.5, 0.6) is 0 Å². The first kappa shape index (κ1) is 14.9. The Hall–Kier alpha value is -1.17. The molecule has 0 spiro atoms. The zero-order valence-electron chi connectivity index (χ0n) is 11.4. The Bertz CT molecular complexity index is 398. The first-order valence-electron chi connectivity index (χ1n) is 6.14. The number of anilines is 1. The molecule has 0 aliphatic heterocycles. The Morgan fingerprint density at radius 3 is 2.67 bits per heavy atom. The van der Waals surface area contributed by atoms with Crippen molar-refractivity contribution in [3.05, 3.63) is 5.82 Å². The molecule has 0 radical (unpaired) electrons. The van der Waals surface area contributed by atoms with Crippen molar-refractivity contribution in [3.63, 3.8) is 0 Å². The molecule has 0 aromatic carbocycles. The van der Waals surface area contributed by atoms with Crippen molar-refractivity contribution < 1.29 is 9.90 Å². The second-order valence-corrected chi connectivity index (χ2v) is 6.18. The standard InChI is InChI=1S/C12H21N3O2S/c1-5-6-9-14-11(18-15-9)13-8(7-10(16)17)12(2,3)4/h8H,5-7H2,1-4H3,(H,16,17)(H,13,14,15). The number of hydrogen-bond donors (Lipinski definition) is 2. The third-order valence-electron chi connectivity index (χ3n) is 2.66. The van der Waals surface area contributed by atoms with Gasteiger partial charge in [-0.15, -0.1) is 0 Å². The van der Waals surface area contributed by atoms with Gasteiger partial charge in [0.2, 0.25) is 5.13 Å². The molecule has 5 nitrogen and oxygen atoms in total. The van der Waals surface area contributed by atoms with E-state index in [1.54, 1.807) is 0 Å². The number of carbonyl (C=O) groups is 1. The Morgan fingerprint density at radius 1 is 1.50 bits per heavy atom. The normalized spacial score (nSPS) is 13.3. The topological polar surface area (TPSA) is 75.1 Å². The van der Waals surface area contributed by atoms with E-state index in [0.717, 1.165) is 18.7 Å². The fourth-order valence-electron chi connectivity index (χ4n) is 1.54. The highest BCUT2D eigenvalue weighted by molar-refractivity contribution is 7.09. The number of nitrogens with one attached hydrogen (secondary N) is 1. The highest BCUT2D eigenvalue weighted by Crippen LogP contribution is 2.26. The van der Waals surface area contributed by atoms with E-state index >= 15 is 0 Å². The lowest BCUT2D eigenvalue weighted by atomic mass is 9.85. The van der Waals surface area contributed by atoms with E-state index in [1.165, 1.54) is 11.5 Å². The second-order valence-electron chi connectivity index (χ2n) is 5.43. The number of nitrogens with zero attached hydrogens (tertiary/aromatic N) is 2. The second kappa shape index (κ2) is 6.13. The zero-order chi connectivity index (χ0) is 13.8. The van der Waals surface area contributed by atoms with Gasteiger partial charge in [-0.1, -0.05) is 27.7 Å². The fraction of sp³-hybridized carbons (Fsp3) is 0.750. The lowest BCUT2D eigenvalue weighted by molar-refractivity contribution is -0.137. The van der Waals surface area contributed by atoms with E-state index in [-0.39, 0.29) is 17.9 Å². The molecule has 1 unspecified atom stereocenters. The minimum Gasteiger partial charge on any atom is -0.481 e. The molecule has 0 bridgehead atoms. The molecule has 1 aromatic rings. The van der Waals surface area contributed by atoms with Crippen LogP contribution in [0.2, 0.25) is 0 Å². The van der Waals surface area contributed by atoms with Gasteiger partial charge in [-0.2, -0.15) is 4.37 Å². The van der Waals surface area contributed by atoms with E-state index in [1.807, 2.05) is 20.8 Å².